The molecule has 0 radical (unpaired) electrons. The quantitative estimate of drug-likeness (QED) is 0.204. The van der Waals surface area contributed by atoms with Crippen molar-refractivity contribution in [3.8, 4) is 0 Å². The summed E-state index contributed by atoms with van der Waals surface area (Å²) in [6.45, 7) is 10.1. The summed E-state index contributed by atoms with van der Waals surface area (Å²) in [6, 6.07) is 3.99. The maximum absolute atomic E-state index is 5.73. The zero-order valence-corrected chi connectivity index (χ0v) is 17.3. The predicted molar refractivity (Wildman–Crippen MR) is 102 cm³/mol. The molecule has 0 amide bonds. The van der Waals surface area contributed by atoms with Gasteiger partial charge in [0.15, 0.2) is 0 Å². The molecular formula is C19H36O6Si. The summed E-state index contributed by atoms with van der Waals surface area (Å²) >= 11 is 0. The summed E-state index contributed by atoms with van der Waals surface area (Å²) in [6.07, 6.45) is 4.63. The summed E-state index contributed by atoms with van der Waals surface area (Å²) in [5.74, 6) is 0. The van der Waals surface area contributed by atoms with E-state index in [0.717, 1.165) is 59.5 Å². The highest BCUT2D eigenvalue weighted by Crippen LogP contribution is 2.26. The minimum Gasteiger partial charge on any atom is -0.379 e. The summed E-state index contributed by atoms with van der Waals surface area (Å²) in [4.78, 5) is 0. The van der Waals surface area contributed by atoms with Crippen molar-refractivity contribution in [1.29, 1.82) is 0 Å². The Kier molecular flexibility index (Phi) is 8.83. The van der Waals surface area contributed by atoms with Crippen LogP contribution in [0.3, 0.4) is 0 Å². The van der Waals surface area contributed by atoms with Gasteiger partial charge in [0.2, 0.25) is 0 Å². The normalized spacial score (nSPS) is 28.7. The second-order valence-electron chi connectivity index (χ2n) is 8.21. The third-order valence-electron chi connectivity index (χ3n) is 5.33. The van der Waals surface area contributed by atoms with E-state index in [2.05, 4.69) is 6.55 Å². The van der Waals surface area contributed by atoms with Crippen LogP contribution in [-0.2, 0) is 28.4 Å². The lowest BCUT2D eigenvalue weighted by atomic mass is 10.5. The molecule has 26 heavy (non-hydrogen) atoms. The maximum atomic E-state index is 5.73. The predicted octanol–water partition coefficient (Wildman–Crippen LogP) is 2.48. The van der Waals surface area contributed by atoms with Gasteiger partial charge in [-0.3, -0.25) is 0 Å². The highest BCUT2D eigenvalue weighted by atomic mass is 28.3. The fraction of sp³-hybridized carbons (Fsp3) is 1.00. The lowest BCUT2D eigenvalue weighted by molar-refractivity contribution is 0.114. The van der Waals surface area contributed by atoms with Crippen molar-refractivity contribution in [2.75, 3.05) is 59.5 Å². The van der Waals surface area contributed by atoms with Crippen molar-refractivity contribution < 1.29 is 28.4 Å². The molecule has 3 atom stereocenters. The van der Waals surface area contributed by atoms with Crippen LogP contribution in [0.5, 0.6) is 0 Å². The molecule has 0 spiro atoms. The van der Waals surface area contributed by atoms with Crippen molar-refractivity contribution in [3.05, 3.63) is 0 Å². The van der Waals surface area contributed by atoms with Gasteiger partial charge >= 0.3 is 0 Å². The van der Waals surface area contributed by atoms with Gasteiger partial charge in [-0.1, -0.05) is 24.7 Å². The molecule has 0 aromatic rings. The molecule has 3 rings (SSSR count). The number of rotatable bonds is 18. The van der Waals surface area contributed by atoms with Gasteiger partial charge in [-0.15, -0.1) is 0 Å². The lowest BCUT2D eigenvalue weighted by Crippen LogP contribution is -2.31. The van der Waals surface area contributed by atoms with Gasteiger partial charge in [-0.25, -0.2) is 0 Å². The molecule has 152 valence electrons. The van der Waals surface area contributed by atoms with E-state index in [1.54, 1.807) is 0 Å². The Hall–Kier alpha value is -0.0231. The molecule has 3 saturated heterocycles. The van der Waals surface area contributed by atoms with Gasteiger partial charge < -0.3 is 28.4 Å². The zero-order chi connectivity index (χ0) is 18.1. The standard InChI is InChI=1S/C19H36O6Si/c1-26(8-2-5-20-11-17-14-23-17,9-3-6-21-12-18-15-24-18)10-4-7-22-13-19-16-25-19/h17-19H,2-16H2,1H3. The molecule has 0 aromatic carbocycles. The Morgan fingerprint density at radius 1 is 0.654 bits per heavy atom. The molecular weight excluding hydrogens is 352 g/mol. The Balaban J connectivity index is 1.25. The first-order valence-corrected chi connectivity index (χ1v) is 13.4. The Morgan fingerprint density at radius 2 is 0.962 bits per heavy atom. The molecule has 3 aliphatic heterocycles. The van der Waals surface area contributed by atoms with Gasteiger partial charge in [0.1, 0.15) is 18.3 Å². The summed E-state index contributed by atoms with van der Waals surface area (Å²) in [5, 5.41) is 0. The van der Waals surface area contributed by atoms with Crippen LogP contribution < -0.4 is 0 Å². The van der Waals surface area contributed by atoms with E-state index in [9.17, 15) is 0 Å². The number of hydrogen-bond acceptors (Lipinski definition) is 6. The van der Waals surface area contributed by atoms with E-state index in [1.165, 1.54) is 37.4 Å². The van der Waals surface area contributed by atoms with Crippen LogP contribution in [0.25, 0.3) is 0 Å². The number of hydrogen-bond donors (Lipinski definition) is 0. The SMILES string of the molecule is C[Si](CCCOCC1CO1)(CCCOCC1CO1)CCCOCC1CO1. The van der Waals surface area contributed by atoms with Gasteiger partial charge in [0.05, 0.1) is 47.7 Å². The van der Waals surface area contributed by atoms with Crippen LogP contribution in [0.15, 0.2) is 0 Å². The van der Waals surface area contributed by atoms with Crippen molar-refractivity contribution in [2.45, 2.75) is 62.3 Å². The molecule has 6 nitrogen and oxygen atoms in total. The number of ether oxygens (including phenoxy) is 6. The average molecular weight is 389 g/mol. The Morgan fingerprint density at radius 3 is 1.23 bits per heavy atom. The topological polar surface area (TPSA) is 65.3 Å². The van der Waals surface area contributed by atoms with Crippen LogP contribution >= 0.6 is 0 Å². The van der Waals surface area contributed by atoms with Crippen LogP contribution in [0.2, 0.25) is 24.7 Å². The molecule has 0 N–H and O–H groups in total. The number of epoxide rings is 3. The van der Waals surface area contributed by atoms with E-state index in [4.69, 9.17) is 28.4 Å². The van der Waals surface area contributed by atoms with E-state index in [0.29, 0.717) is 18.3 Å². The van der Waals surface area contributed by atoms with Crippen molar-refractivity contribution in [1.82, 2.24) is 0 Å². The Labute approximate surface area is 158 Å². The first kappa shape index (κ1) is 20.7. The Bertz CT molecular complexity index is 329. The molecule has 3 unspecified atom stereocenters. The van der Waals surface area contributed by atoms with Crippen LogP contribution in [0, 0.1) is 0 Å². The van der Waals surface area contributed by atoms with E-state index < -0.39 is 8.07 Å². The van der Waals surface area contributed by atoms with Crippen LogP contribution in [-0.4, -0.2) is 85.8 Å². The summed E-state index contributed by atoms with van der Waals surface area (Å²) in [5.41, 5.74) is 0. The van der Waals surface area contributed by atoms with E-state index in [-0.39, 0.29) is 0 Å². The summed E-state index contributed by atoms with van der Waals surface area (Å²) in [7, 11) is -1.27. The molecule has 0 aromatic heterocycles. The third-order valence-corrected chi connectivity index (χ3v) is 10.0. The second kappa shape index (κ2) is 11.1. The molecule has 3 heterocycles. The highest BCUT2D eigenvalue weighted by Gasteiger charge is 2.27. The largest absolute Gasteiger partial charge is 0.379 e. The monoisotopic (exact) mass is 388 g/mol. The van der Waals surface area contributed by atoms with Crippen molar-refractivity contribution in [3.63, 3.8) is 0 Å². The van der Waals surface area contributed by atoms with Gasteiger partial charge in [0, 0.05) is 19.8 Å². The fourth-order valence-electron chi connectivity index (χ4n) is 3.32. The zero-order valence-electron chi connectivity index (χ0n) is 16.3. The fourth-order valence-corrected chi connectivity index (χ4v) is 7.06. The van der Waals surface area contributed by atoms with E-state index >= 15 is 0 Å². The first-order chi connectivity index (χ1) is 12.7. The molecule has 3 fully saturated rings. The highest BCUT2D eigenvalue weighted by molar-refractivity contribution is 6.78. The average Bonchev–Trinajstić information content (AvgIpc) is 3.46. The molecule has 0 saturated carbocycles. The first-order valence-electron chi connectivity index (χ1n) is 10.3. The molecule has 3 aliphatic rings. The van der Waals surface area contributed by atoms with Gasteiger partial charge in [-0.2, -0.15) is 0 Å². The van der Waals surface area contributed by atoms with Crippen LogP contribution in [0.4, 0.5) is 0 Å². The second-order valence-corrected chi connectivity index (χ2v) is 13.3. The van der Waals surface area contributed by atoms with Crippen molar-refractivity contribution in [2.24, 2.45) is 0 Å². The maximum Gasteiger partial charge on any atom is 0.104 e. The van der Waals surface area contributed by atoms with Gasteiger partial charge in [-0.05, 0) is 19.3 Å². The lowest BCUT2D eigenvalue weighted by Gasteiger charge is -2.28. The van der Waals surface area contributed by atoms with Crippen LogP contribution in [0.1, 0.15) is 19.3 Å². The minimum atomic E-state index is -1.27. The molecule has 7 heteroatoms. The van der Waals surface area contributed by atoms with E-state index in [1.807, 2.05) is 0 Å². The third kappa shape index (κ3) is 9.78. The van der Waals surface area contributed by atoms with Crippen molar-refractivity contribution >= 4 is 8.07 Å². The molecule has 0 bridgehead atoms. The minimum absolute atomic E-state index is 0.374. The van der Waals surface area contributed by atoms with Gasteiger partial charge in [0.25, 0.3) is 0 Å². The molecule has 0 aliphatic carbocycles. The summed E-state index contributed by atoms with van der Waals surface area (Å²) < 4.78 is 32.7. The smallest absolute Gasteiger partial charge is 0.104 e.